The van der Waals surface area contributed by atoms with Crippen molar-refractivity contribution in [2.75, 3.05) is 13.7 Å². The predicted molar refractivity (Wildman–Crippen MR) is 122 cm³/mol. The number of para-hydroxylation sites is 1. The second-order valence-electron chi connectivity index (χ2n) is 8.24. The Morgan fingerprint density at radius 3 is 2.88 bits per heavy atom. The van der Waals surface area contributed by atoms with Gasteiger partial charge in [-0.25, -0.2) is 9.78 Å². The van der Waals surface area contributed by atoms with Crippen molar-refractivity contribution in [1.29, 1.82) is 5.26 Å². The normalized spacial score (nSPS) is 16.4. The SMILES string of the molecule is COc1ccc(C2=CNC(=O)N(Cc3nc4cccc(C#N)c4o3)C2)cc1OC1CCCC1. The molecule has 1 aromatic heterocycles. The van der Waals surface area contributed by atoms with Crippen molar-refractivity contribution in [2.45, 2.75) is 38.3 Å². The van der Waals surface area contributed by atoms with Gasteiger partial charge in [0.1, 0.15) is 11.6 Å². The van der Waals surface area contributed by atoms with Crippen LogP contribution in [0.1, 0.15) is 42.7 Å². The molecule has 5 rings (SSSR count). The molecule has 33 heavy (non-hydrogen) atoms. The molecule has 1 fully saturated rings. The van der Waals surface area contributed by atoms with Crippen molar-refractivity contribution >= 4 is 22.7 Å². The van der Waals surface area contributed by atoms with E-state index in [1.54, 1.807) is 36.4 Å². The Labute approximate surface area is 191 Å². The lowest BCUT2D eigenvalue weighted by Crippen LogP contribution is -2.41. The maximum atomic E-state index is 12.5. The summed E-state index contributed by atoms with van der Waals surface area (Å²) < 4.78 is 17.5. The third-order valence-electron chi connectivity index (χ3n) is 6.05. The number of fused-ring (bicyclic) bond motifs is 1. The molecular formula is C25H24N4O4. The number of amides is 2. The number of urea groups is 1. The lowest BCUT2D eigenvalue weighted by atomic mass is 10.0. The number of methoxy groups -OCH3 is 1. The number of hydrogen-bond acceptors (Lipinski definition) is 6. The third-order valence-corrected chi connectivity index (χ3v) is 6.05. The Morgan fingerprint density at radius 1 is 1.24 bits per heavy atom. The molecule has 0 spiro atoms. The standard InChI is InChI=1S/C25H24N4O4/c1-31-21-10-9-16(11-22(21)32-19-6-2-3-7-19)18-13-27-25(30)29(14-18)15-23-28-20-8-4-5-17(12-26)24(20)33-23/h4-5,8-11,13,19H,2-3,6-7,14-15H2,1H3,(H,27,30). The molecule has 1 N–H and O–H groups in total. The molecule has 2 aromatic carbocycles. The highest BCUT2D eigenvalue weighted by Crippen LogP contribution is 2.35. The zero-order chi connectivity index (χ0) is 22.8. The van der Waals surface area contributed by atoms with Crippen LogP contribution in [0.25, 0.3) is 16.7 Å². The van der Waals surface area contributed by atoms with Gasteiger partial charge in [0.05, 0.1) is 31.9 Å². The average molecular weight is 444 g/mol. The topological polar surface area (TPSA) is 101 Å². The molecule has 2 aliphatic rings. The average Bonchev–Trinajstić information content (AvgIpc) is 3.49. The maximum absolute atomic E-state index is 12.5. The van der Waals surface area contributed by atoms with E-state index in [-0.39, 0.29) is 18.7 Å². The van der Waals surface area contributed by atoms with Gasteiger partial charge in [-0.1, -0.05) is 12.1 Å². The fourth-order valence-electron chi connectivity index (χ4n) is 4.33. The highest BCUT2D eigenvalue weighted by Gasteiger charge is 2.24. The van der Waals surface area contributed by atoms with Gasteiger partial charge in [-0.2, -0.15) is 5.26 Å². The van der Waals surface area contributed by atoms with Crippen molar-refractivity contribution < 1.29 is 18.7 Å². The molecule has 2 heterocycles. The van der Waals surface area contributed by atoms with Crippen molar-refractivity contribution in [3.63, 3.8) is 0 Å². The van der Waals surface area contributed by atoms with Crippen molar-refractivity contribution in [1.82, 2.24) is 15.2 Å². The number of ether oxygens (including phenoxy) is 2. The molecule has 1 saturated carbocycles. The molecule has 3 aromatic rings. The van der Waals surface area contributed by atoms with Gasteiger partial charge in [0.25, 0.3) is 0 Å². The highest BCUT2D eigenvalue weighted by molar-refractivity contribution is 5.84. The summed E-state index contributed by atoms with van der Waals surface area (Å²) in [6, 6.07) is 12.9. The first-order valence-corrected chi connectivity index (χ1v) is 11.0. The van der Waals surface area contributed by atoms with Crippen molar-refractivity contribution in [2.24, 2.45) is 0 Å². The van der Waals surface area contributed by atoms with E-state index in [9.17, 15) is 10.1 Å². The first-order chi connectivity index (χ1) is 16.1. The monoisotopic (exact) mass is 444 g/mol. The number of carbonyl (C=O) groups is 1. The summed E-state index contributed by atoms with van der Waals surface area (Å²) in [5.41, 5.74) is 3.33. The van der Waals surface area contributed by atoms with Gasteiger partial charge in [-0.15, -0.1) is 0 Å². The number of hydrogen-bond donors (Lipinski definition) is 1. The summed E-state index contributed by atoms with van der Waals surface area (Å²) in [4.78, 5) is 18.6. The minimum atomic E-state index is -0.238. The second-order valence-corrected chi connectivity index (χ2v) is 8.24. The molecular weight excluding hydrogens is 420 g/mol. The number of carbonyl (C=O) groups excluding carboxylic acids is 1. The van der Waals surface area contributed by atoms with Crippen LogP contribution in [0, 0.1) is 11.3 Å². The van der Waals surface area contributed by atoms with Gasteiger partial charge in [-0.3, -0.25) is 0 Å². The molecule has 168 valence electrons. The molecule has 0 unspecified atom stereocenters. The van der Waals surface area contributed by atoms with E-state index >= 15 is 0 Å². The zero-order valence-electron chi connectivity index (χ0n) is 18.3. The summed E-state index contributed by atoms with van der Waals surface area (Å²) in [6.07, 6.45) is 6.41. The largest absolute Gasteiger partial charge is 0.493 e. The quantitative estimate of drug-likeness (QED) is 0.597. The number of nitriles is 1. The maximum Gasteiger partial charge on any atom is 0.322 e. The van der Waals surface area contributed by atoms with E-state index in [2.05, 4.69) is 16.4 Å². The van der Waals surface area contributed by atoms with Crippen molar-refractivity contribution in [3.05, 3.63) is 59.6 Å². The van der Waals surface area contributed by atoms with Crippen LogP contribution in [0.4, 0.5) is 4.79 Å². The van der Waals surface area contributed by atoms with E-state index in [1.807, 2.05) is 18.2 Å². The smallest absolute Gasteiger partial charge is 0.322 e. The Bertz CT molecular complexity index is 1270. The summed E-state index contributed by atoms with van der Waals surface area (Å²) in [6.45, 7) is 0.565. The van der Waals surface area contributed by atoms with Crippen molar-refractivity contribution in [3.8, 4) is 17.6 Å². The molecule has 1 aliphatic heterocycles. The Morgan fingerprint density at radius 2 is 2.09 bits per heavy atom. The van der Waals surface area contributed by atoms with Crippen LogP contribution in [0.5, 0.6) is 11.5 Å². The minimum absolute atomic E-state index is 0.185. The number of rotatable bonds is 6. The molecule has 8 heteroatoms. The lowest BCUT2D eigenvalue weighted by Gasteiger charge is -2.27. The van der Waals surface area contributed by atoms with E-state index < -0.39 is 0 Å². The van der Waals surface area contributed by atoms with Crippen LogP contribution in [0.2, 0.25) is 0 Å². The van der Waals surface area contributed by atoms with E-state index in [1.165, 1.54) is 12.8 Å². The molecule has 0 atom stereocenters. The Hall–Kier alpha value is -3.99. The number of nitrogens with one attached hydrogen (secondary N) is 1. The summed E-state index contributed by atoms with van der Waals surface area (Å²) in [7, 11) is 1.64. The van der Waals surface area contributed by atoms with Gasteiger partial charge in [0, 0.05) is 6.20 Å². The molecule has 1 aliphatic carbocycles. The van der Waals surface area contributed by atoms with Crippen LogP contribution in [0.3, 0.4) is 0 Å². The van der Waals surface area contributed by atoms with Gasteiger partial charge < -0.3 is 24.1 Å². The molecule has 0 saturated heterocycles. The summed E-state index contributed by atoms with van der Waals surface area (Å²) in [5.74, 6) is 1.79. The number of aromatic nitrogens is 1. The molecule has 2 amide bonds. The molecule has 0 bridgehead atoms. The fourth-order valence-corrected chi connectivity index (χ4v) is 4.33. The Kier molecular flexibility index (Phi) is 5.61. The first kappa shape index (κ1) is 20.9. The second kappa shape index (κ2) is 8.87. The number of benzene rings is 2. The highest BCUT2D eigenvalue weighted by atomic mass is 16.5. The van der Waals surface area contributed by atoms with E-state index in [4.69, 9.17) is 13.9 Å². The van der Waals surface area contributed by atoms with E-state index in [0.717, 1.165) is 24.0 Å². The van der Waals surface area contributed by atoms with Crippen LogP contribution in [-0.4, -0.2) is 35.7 Å². The van der Waals surface area contributed by atoms with Crippen LogP contribution < -0.4 is 14.8 Å². The van der Waals surface area contributed by atoms with Crippen LogP contribution in [0.15, 0.2) is 47.0 Å². The summed E-state index contributed by atoms with van der Waals surface area (Å²) in [5, 5.41) is 12.1. The van der Waals surface area contributed by atoms with Gasteiger partial charge in [0.2, 0.25) is 5.89 Å². The van der Waals surface area contributed by atoms with Gasteiger partial charge >= 0.3 is 6.03 Å². The molecule has 0 radical (unpaired) electrons. The summed E-state index contributed by atoms with van der Waals surface area (Å²) >= 11 is 0. The lowest BCUT2D eigenvalue weighted by molar-refractivity contribution is 0.198. The molecule has 8 nitrogen and oxygen atoms in total. The predicted octanol–water partition coefficient (Wildman–Crippen LogP) is 4.60. The number of oxazole rings is 1. The minimum Gasteiger partial charge on any atom is -0.493 e. The fraction of sp³-hybridized carbons (Fsp3) is 0.320. The van der Waals surface area contributed by atoms with E-state index in [0.29, 0.717) is 40.6 Å². The van der Waals surface area contributed by atoms with Gasteiger partial charge in [0.15, 0.2) is 17.1 Å². The third kappa shape index (κ3) is 4.22. The van der Waals surface area contributed by atoms with Crippen LogP contribution >= 0.6 is 0 Å². The number of nitrogens with zero attached hydrogens (tertiary/aromatic N) is 3. The first-order valence-electron chi connectivity index (χ1n) is 11.0. The zero-order valence-corrected chi connectivity index (χ0v) is 18.3. The van der Waals surface area contributed by atoms with Crippen LogP contribution in [-0.2, 0) is 6.54 Å². The Balaban J connectivity index is 1.36. The van der Waals surface area contributed by atoms with Gasteiger partial charge in [-0.05, 0) is 61.1 Å².